The van der Waals surface area contributed by atoms with Crippen molar-refractivity contribution in [3.63, 3.8) is 0 Å². The lowest BCUT2D eigenvalue weighted by atomic mass is 10.1. The van der Waals surface area contributed by atoms with E-state index in [4.69, 9.17) is 4.74 Å². The van der Waals surface area contributed by atoms with Crippen molar-refractivity contribution in [2.45, 2.75) is 25.0 Å². The standard InChI is InChI=1S/C16H23NO5/c1-21-16(20)12-2-4-15(5-3-12)22-11-14(19)10-17-8-6-13(18)7-9-17/h2-5,13-14,18-19H,6-11H2,1H3/t14-/m0/s1. The van der Waals surface area contributed by atoms with Gasteiger partial charge in [-0.1, -0.05) is 0 Å². The molecule has 1 atom stereocenters. The van der Waals surface area contributed by atoms with Gasteiger partial charge in [0, 0.05) is 19.6 Å². The van der Waals surface area contributed by atoms with Gasteiger partial charge in [-0.2, -0.15) is 0 Å². The molecule has 122 valence electrons. The summed E-state index contributed by atoms with van der Waals surface area (Å²) < 4.78 is 10.1. The summed E-state index contributed by atoms with van der Waals surface area (Å²) in [5.41, 5.74) is 0.460. The van der Waals surface area contributed by atoms with E-state index in [-0.39, 0.29) is 18.7 Å². The molecule has 1 aromatic rings. The van der Waals surface area contributed by atoms with Gasteiger partial charge in [0.2, 0.25) is 0 Å². The second-order valence-corrected chi connectivity index (χ2v) is 5.51. The van der Waals surface area contributed by atoms with Crippen LogP contribution >= 0.6 is 0 Å². The number of ether oxygens (including phenoxy) is 2. The van der Waals surface area contributed by atoms with E-state index in [1.165, 1.54) is 7.11 Å². The Morgan fingerprint density at radius 1 is 1.32 bits per heavy atom. The van der Waals surface area contributed by atoms with E-state index >= 15 is 0 Å². The normalized spacial score (nSPS) is 18.0. The fourth-order valence-corrected chi connectivity index (χ4v) is 2.45. The van der Waals surface area contributed by atoms with Gasteiger partial charge in [0.15, 0.2) is 0 Å². The lowest BCUT2D eigenvalue weighted by Crippen LogP contribution is -2.41. The van der Waals surface area contributed by atoms with Crippen LogP contribution in [0.25, 0.3) is 0 Å². The summed E-state index contributed by atoms with van der Waals surface area (Å²) >= 11 is 0. The first kappa shape index (κ1) is 16.7. The van der Waals surface area contributed by atoms with Crippen LogP contribution in [-0.2, 0) is 4.74 Å². The van der Waals surface area contributed by atoms with Crippen molar-refractivity contribution in [2.75, 3.05) is 33.4 Å². The third-order valence-corrected chi connectivity index (χ3v) is 3.74. The van der Waals surface area contributed by atoms with Gasteiger partial charge < -0.3 is 24.6 Å². The van der Waals surface area contributed by atoms with Gasteiger partial charge in [-0.05, 0) is 37.1 Å². The first-order valence-electron chi connectivity index (χ1n) is 7.48. The van der Waals surface area contributed by atoms with Crippen molar-refractivity contribution in [1.29, 1.82) is 0 Å². The average molecular weight is 309 g/mol. The molecule has 6 heteroatoms. The number of likely N-dealkylation sites (tertiary alicyclic amines) is 1. The second kappa shape index (κ2) is 8.12. The molecule has 1 heterocycles. The Balaban J connectivity index is 1.74. The minimum absolute atomic E-state index is 0.191. The molecule has 0 aromatic heterocycles. The molecule has 2 N–H and O–H groups in total. The number of β-amino-alcohol motifs (C(OH)–C–C–N with tert-alkyl or cyclic N) is 1. The number of carbonyl (C=O) groups is 1. The third kappa shape index (κ3) is 4.98. The molecule has 0 radical (unpaired) electrons. The molecule has 1 aliphatic heterocycles. The van der Waals surface area contributed by atoms with Crippen LogP contribution in [-0.4, -0.2) is 66.6 Å². The molecule has 0 aliphatic carbocycles. The number of aliphatic hydroxyl groups excluding tert-OH is 2. The van der Waals surface area contributed by atoms with Crippen molar-refractivity contribution in [1.82, 2.24) is 4.90 Å². The molecular formula is C16H23NO5. The number of rotatable bonds is 6. The van der Waals surface area contributed by atoms with Gasteiger partial charge in [-0.25, -0.2) is 4.79 Å². The van der Waals surface area contributed by atoms with Gasteiger partial charge in [0.1, 0.15) is 18.5 Å². The summed E-state index contributed by atoms with van der Waals surface area (Å²) in [6.45, 7) is 2.32. The largest absolute Gasteiger partial charge is 0.491 e. The van der Waals surface area contributed by atoms with Crippen LogP contribution in [0.2, 0.25) is 0 Å². The quantitative estimate of drug-likeness (QED) is 0.752. The number of hydrogen-bond donors (Lipinski definition) is 2. The van der Waals surface area contributed by atoms with Crippen molar-refractivity contribution in [2.24, 2.45) is 0 Å². The number of methoxy groups -OCH3 is 1. The molecule has 22 heavy (non-hydrogen) atoms. The monoisotopic (exact) mass is 309 g/mol. The van der Waals surface area contributed by atoms with E-state index in [0.717, 1.165) is 25.9 Å². The summed E-state index contributed by atoms with van der Waals surface area (Å²) in [6.07, 6.45) is 0.707. The Hall–Kier alpha value is -1.63. The first-order chi connectivity index (χ1) is 10.6. The molecule has 0 saturated carbocycles. The molecule has 0 amide bonds. The summed E-state index contributed by atoms with van der Waals surface area (Å²) in [4.78, 5) is 13.4. The molecule has 2 rings (SSSR count). The van der Waals surface area contributed by atoms with Crippen molar-refractivity contribution in [3.05, 3.63) is 29.8 Å². The van der Waals surface area contributed by atoms with Crippen molar-refractivity contribution >= 4 is 5.97 Å². The molecule has 1 fully saturated rings. The maximum atomic E-state index is 11.3. The molecule has 6 nitrogen and oxygen atoms in total. The molecular weight excluding hydrogens is 286 g/mol. The predicted octanol–water partition coefficient (Wildman–Crippen LogP) is 0.670. The van der Waals surface area contributed by atoms with Crippen molar-refractivity contribution < 1.29 is 24.5 Å². The van der Waals surface area contributed by atoms with E-state index < -0.39 is 6.10 Å². The molecule has 0 bridgehead atoms. The Morgan fingerprint density at radius 2 is 1.95 bits per heavy atom. The van der Waals surface area contributed by atoms with E-state index in [2.05, 4.69) is 9.64 Å². The highest BCUT2D eigenvalue weighted by atomic mass is 16.5. The number of nitrogens with zero attached hydrogens (tertiary/aromatic N) is 1. The molecule has 0 spiro atoms. The maximum absolute atomic E-state index is 11.3. The SMILES string of the molecule is COC(=O)c1ccc(OC[C@@H](O)CN2CCC(O)CC2)cc1. The second-order valence-electron chi connectivity index (χ2n) is 5.51. The minimum atomic E-state index is -0.587. The number of esters is 1. The van der Waals surface area contributed by atoms with Crippen LogP contribution in [0, 0.1) is 0 Å². The van der Waals surface area contributed by atoms with E-state index in [1.54, 1.807) is 24.3 Å². The van der Waals surface area contributed by atoms with Gasteiger partial charge in [0.05, 0.1) is 18.8 Å². The summed E-state index contributed by atoms with van der Waals surface area (Å²) in [5.74, 6) is 0.208. The van der Waals surface area contributed by atoms with Crippen molar-refractivity contribution in [3.8, 4) is 5.75 Å². The number of benzene rings is 1. The Bertz CT molecular complexity index is 468. The smallest absolute Gasteiger partial charge is 0.337 e. The van der Waals surface area contributed by atoms with Crippen LogP contribution in [0.4, 0.5) is 0 Å². The first-order valence-corrected chi connectivity index (χ1v) is 7.48. The highest BCUT2D eigenvalue weighted by Crippen LogP contribution is 2.14. The zero-order valence-electron chi connectivity index (χ0n) is 12.8. The van der Waals surface area contributed by atoms with Crippen LogP contribution in [0.3, 0.4) is 0 Å². The van der Waals surface area contributed by atoms with Gasteiger partial charge in [-0.3, -0.25) is 0 Å². The molecule has 1 saturated heterocycles. The van der Waals surface area contributed by atoms with Gasteiger partial charge in [-0.15, -0.1) is 0 Å². The summed E-state index contributed by atoms with van der Waals surface area (Å²) in [5, 5.41) is 19.5. The lowest BCUT2D eigenvalue weighted by molar-refractivity contribution is 0.0337. The lowest BCUT2D eigenvalue weighted by Gasteiger charge is -2.30. The van der Waals surface area contributed by atoms with E-state index in [0.29, 0.717) is 17.9 Å². The Labute approximate surface area is 130 Å². The molecule has 0 unspecified atom stereocenters. The van der Waals surface area contributed by atoms with Crippen LogP contribution in [0.5, 0.6) is 5.75 Å². The topological polar surface area (TPSA) is 79.2 Å². The highest BCUT2D eigenvalue weighted by molar-refractivity contribution is 5.89. The van der Waals surface area contributed by atoms with E-state index in [9.17, 15) is 15.0 Å². The molecule has 1 aliphatic rings. The average Bonchev–Trinajstić information content (AvgIpc) is 2.55. The number of hydrogen-bond acceptors (Lipinski definition) is 6. The minimum Gasteiger partial charge on any atom is -0.491 e. The zero-order chi connectivity index (χ0) is 15.9. The van der Waals surface area contributed by atoms with Crippen LogP contribution in [0.1, 0.15) is 23.2 Å². The highest BCUT2D eigenvalue weighted by Gasteiger charge is 2.19. The van der Waals surface area contributed by atoms with Crippen LogP contribution in [0.15, 0.2) is 24.3 Å². The third-order valence-electron chi connectivity index (χ3n) is 3.74. The van der Waals surface area contributed by atoms with E-state index in [1.807, 2.05) is 0 Å². The summed E-state index contributed by atoms with van der Waals surface area (Å²) in [6, 6.07) is 6.60. The Kier molecular flexibility index (Phi) is 6.18. The number of piperidine rings is 1. The van der Waals surface area contributed by atoms with Gasteiger partial charge in [0.25, 0.3) is 0 Å². The molecule has 1 aromatic carbocycles. The zero-order valence-corrected chi connectivity index (χ0v) is 12.8. The fraction of sp³-hybridized carbons (Fsp3) is 0.562. The van der Waals surface area contributed by atoms with Gasteiger partial charge >= 0.3 is 5.97 Å². The summed E-state index contributed by atoms with van der Waals surface area (Å²) in [7, 11) is 1.34. The van der Waals surface area contributed by atoms with Crippen LogP contribution < -0.4 is 4.74 Å². The Morgan fingerprint density at radius 3 is 2.55 bits per heavy atom. The predicted molar refractivity (Wildman–Crippen MR) is 81.0 cm³/mol. The fourth-order valence-electron chi connectivity index (χ4n) is 2.45. The maximum Gasteiger partial charge on any atom is 0.337 e. The number of aliphatic hydroxyl groups is 2. The number of carbonyl (C=O) groups excluding carboxylic acids is 1.